The third-order valence-electron chi connectivity index (χ3n) is 4.71. The van der Waals surface area contributed by atoms with Crippen molar-refractivity contribution in [2.24, 2.45) is 0 Å². The number of hydrogen-bond acceptors (Lipinski definition) is 6. The quantitative estimate of drug-likeness (QED) is 0.252. The molecule has 2 aromatic heterocycles. The normalized spacial score (nSPS) is 10.9. The van der Waals surface area contributed by atoms with Crippen molar-refractivity contribution in [1.29, 1.82) is 0 Å². The van der Waals surface area contributed by atoms with E-state index in [1.165, 1.54) is 11.8 Å². The van der Waals surface area contributed by atoms with Crippen molar-refractivity contribution in [3.63, 3.8) is 0 Å². The van der Waals surface area contributed by atoms with Crippen molar-refractivity contribution in [2.45, 2.75) is 25.7 Å². The summed E-state index contributed by atoms with van der Waals surface area (Å²) in [7, 11) is 0. The number of aryl methyl sites for hydroxylation is 1. The number of ketones is 1. The van der Waals surface area contributed by atoms with E-state index in [2.05, 4.69) is 14.8 Å². The Hall–Kier alpha value is -3.03. The highest BCUT2D eigenvalue weighted by molar-refractivity contribution is 7.99. The Morgan fingerprint density at radius 2 is 1.84 bits per heavy atom. The number of rotatable bonds is 8. The second-order valence-electron chi connectivity index (χ2n) is 6.85. The van der Waals surface area contributed by atoms with Crippen LogP contribution in [0.1, 0.15) is 27.6 Å². The Bertz CT molecular complexity index is 1200. The van der Waals surface area contributed by atoms with Gasteiger partial charge in [-0.1, -0.05) is 53.7 Å². The van der Waals surface area contributed by atoms with Gasteiger partial charge in [0, 0.05) is 22.6 Å². The van der Waals surface area contributed by atoms with Gasteiger partial charge in [-0.25, -0.2) is 0 Å². The molecule has 0 fully saturated rings. The molecule has 158 valence electrons. The average Bonchev–Trinajstić information content (AvgIpc) is 3.35. The molecule has 0 amide bonds. The molecule has 0 unspecified atom stereocenters. The number of hydrogen-bond donors (Lipinski definition) is 0. The zero-order valence-electron chi connectivity index (χ0n) is 17.0. The summed E-state index contributed by atoms with van der Waals surface area (Å²) in [6.45, 7) is 4.05. The van der Waals surface area contributed by atoms with Gasteiger partial charge < -0.3 is 13.7 Å². The maximum Gasteiger partial charge on any atom is 0.277 e. The fraction of sp³-hybridized carbons (Fsp3) is 0.174. The van der Waals surface area contributed by atoms with Crippen molar-refractivity contribution in [3.05, 3.63) is 88.5 Å². The molecule has 0 spiro atoms. The van der Waals surface area contributed by atoms with Crippen LogP contribution in [0.2, 0.25) is 5.02 Å². The molecule has 31 heavy (non-hydrogen) atoms. The number of aromatic nitrogens is 3. The van der Waals surface area contributed by atoms with Crippen LogP contribution in [0.4, 0.5) is 0 Å². The van der Waals surface area contributed by atoms with Crippen molar-refractivity contribution < 1.29 is 13.9 Å². The van der Waals surface area contributed by atoms with Crippen LogP contribution in [0.15, 0.2) is 70.3 Å². The summed E-state index contributed by atoms with van der Waals surface area (Å²) in [5.41, 5.74) is 3.64. The average molecular weight is 454 g/mol. The van der Waals surface area contributed by atoms with Crippen LogP contribution in [0.25, 0.3) is 5.69 Å². The minimum atomic E-state index is 0.00680. The lowest BCUT2D eigenvalue weighted by Gasteiger charge is -2.09. The van der Waals surface area contributed by atoms with Crippen LogP contribution < -0.4 is 4.74 Å². The SMILES string of the molecule is Cc1cc(C(=O)CSc2nnc(COc3ccccc3Cl)o2)c(C)n1-c1ccccc1. The van der Waals surface area contributed by atoms with Crippen molar-refractivity contribution in [3.8, 4) is 11.4 Å². The van der Waals surface area contributed by atoms with Gasteiger partial charge in [0.1, 0.15) is 5.75 Å². The maximum absolute atomic E-state index is 12.8. The molecule has 2 aromatic carbocycles. The molecule has 0 aliphatic heterocycles. The van der Waals surface area contributed by atoms with Crippen molar-refractivity contribution in [1.82, 2.24) is 14.8 Å². The van der Waals surface area contributed by atoms with Gasteiger partial charge in [0.15, 0.2) is 12.4 Å². The highest BCUT2D eigenvalue weighted by Gasteiger charge is 2.18. The van der Waals surface area contributed by atoms with Gasteiger partial charge in [0.05, 0.1) is 10.8 Å². The topological polar surface area (TPSA) is 70.2 Å². The smallest absolute Gasteiger partial charge is 0.277 e. The molecular weight excluding hydrogens is 434 g/mol. The summed E-state index contributed by atoms with van der Waals surface area (Å²) in [4.78, 5) is 12.8. The Balaban J connectivity index is 1.38. The number of ether oxygens (including phenoxy) is 1. The Morgan fingerprint density at radius 1 is 1.10 bits per heavy atom. The van der Waals surface area contributed by atoms with E-state index in [0.29, 0.717) is 27.4 Å². The minimum Gasteiger partial charge on any atom is -0.482 e. The Kier molecular flexibility index (Phi) is 6.44. The van der Waals surface area contributed by atoms with Crippen LogP contribution in [0.5, 0.6) is 5.75 Å². The molecular formula is C23H20ClN3O3S. The second kappa shape index (κ2) is 9.41. The molecule has 0 aliphatic carbocycles. The van der Waals surface area contributed by atoms with Crippen LogP contribution in [-0.2, 0) is 6.61 Å². The number of para-hydroxylation sites is 2. The molecule has 2 heterocycles. The zero-order chi connectivity index (χ0) is 21.8. The Labute approximate surface area is 189 Å². The molecule has 0 aliphatic rings. The lowest BCUT2D eigenvalue weighted by atomic mass is 10.2. The van der Waals surface area contributed by atoms with E-state index >= 15 is 0 Å². The molecule has 0 N–H and O–H groups in total. The van der Waals surface area contributed by atoms with Gasteiger partial charge >= 0.3 is 0 Å². The predicted molar refractivity (Wildman–Crippen MR) is 120 cm³/mol. The van der Waals surface area contributed by atoms with Gasteiger partial charge in [-0.2, -0.15) is 0 Å². The number of thioether (sulfide) groups is 1. The number of halogens is 1. The van der Waals surface area contributed by atoms with E-state index < -0.39 is 0 Å². The number of benzene rings is 2. The van der Waals surface area contributed by atoms with E-state index in [1.807, 2.05) is 62.4 Å². The highest BCUT2D eigenvalue weighted by atomic mass is 35.5. The summed E-state index contributed by atoms with van der Waals surface area (Å²) in [6, 6.07) is 19.1. The molecule has 0 bridgehead atoms. The minimum absolute atomic E-state index is 0.00680. The van der Waals surface area contributed by atoms with Crippen LogP contribution in [-0.4, -0.2) is 26.3 Å². The van der Waals surface area contributed by atoms with E-state index in [0.717, 1.165) is 17.1 Å². The summed E-state index contributed by atoms with van der Waals surface area (Å²) < 4.78 is 13.3. The van der Waals surface area contributed by atoms with Crippen LogP contribution in [0.3, 0.4) is 0 Å². The first kappa shape index (κ1) is 21.2. The van der Waals surface area contributed by atoms with Gasteiger partial charge in [0.2, 0.25) is 0 Å². The predicted octanol–water partition coefficient (Wildman–Crippen LogP) is 5.68. The van der Waals surface area contributed by atoms with Crippen molar-refractivity contribution in [2.75, 3.05) is 5.75 Å². The summed E-state index contributed by atoms with van der Waals surface area (Å²) >= 11 is 7.28. The van der Waals surface area contributed by atoms with Gasteiger partial charge in [0.25, 0.3) is 11.1 Å². The first-order valence-electron chi connectivity index (χ1n) is 9.63. The molecule has 8 heteroatoms. The zero-order valence-corrected chi connectivity index (χ0v) is 18.6. The van der Waals surface area contributed by atoms with E-state index in [4.69, 9.17) is 20.8 Å². The molecule has 4 rings (SSSR count). The van der Waals surface area contributed by atoms with Gasteiger partial charge in [-0.15, -0.1) is 10.2 Å². The fourth-order valence-electron chi connectivity index (χ4n) is 3.28. The fourth-order valence-corrected chi connectivity index (χ4v) is 4.13. The first-order chi connectivity index (χ1) is 15.0. The maximum atomic E-state index is 12.8. The molecule has 0 radical (unpaired) electrons. The third-order valence-corrected chi connectivity index (χ3v) is 5.84. The molecule has 4 aromatic rings. The standard InChI is InChI=1S/C23H20ClN3O3S/c1-15-12-18(16(2)27(15)17-8-4-3-5-9-17)20(28)14-31-23-26-25-22(30-23)13-29-21-11-7-6-10-19(21)24/h3-12H,13-14H2,1-2H3. The lowest BCUT2D eigenvalue weighted by Crippen LogP contribution is -2.05. The summed E-state index contributed by atoms with van der Waals surface area (Å²) in [5.74, 6) is 1.07. The second-order valence-corrected chi connectivity index (χ2v) is 8.18. The number of carbonyl (C=O) groups is 1. The van der Waals surface area contributed by atoms with E-state index in [1.54, 1.807) is 12.1 Å². The molecule has 0 saturated heterocycles. The van der Waals surface area contributed by atoms with E-state index in [9.17, 15) is 4.79 Å². The largest absolute Gasteiger partial charge is 0.482 e. The van der Waals surface area contributed by atoms with Gasteiger partial charge in [-0.05, 0) is 44.2 Å². The number of carbonyl (C=O) groups excluding carboxylic acids is 1. The van der Waals surface area contributed by atoms with E-state index in [-0.39, 0.29) is 18.1 Å². The highest BCUT2D eigenvalue weighted by Crippen LogP contribution is 2.26. The number of Topliss-reactive ketones (excluding diaryl/α,β-unsaturated/α-hetero) is 1. The van der Waals surface area contributed by atoms with Crippen molar-refractivity contribution >= 4 is 29.1 Å². The Morgan fingerprint density at radius 3 is 2.61 bits per heavy atom. The summed E-state index contributed by atoms with van der Waals surface area (Å²) in [5, 5.41) is 8.78. The number of nitrogens with zero attached hydrogens (tertiary/aromatic N) is 3. The van der Waals surface area contributed by atoms with Crippen LogP contribution >= 0.6 is 23.4 Å². The molecule has 0 atom stereocenters. The lowest BCUT2D eigenvalue weighted by molar-refractivity contribution is 0.102. The molecule has 6 nitrogen and oxygen atoms in total. The summed E-state index contributed by atoms with van der Waals surface area (Å²) in [6.07, 6.45) is 0. The first-order valence-corrected chi connectivity index (χ1v) is 11.0. The van der Waals surface area contributed by atoms with Gasteiger partial charge in [-0.3, -0.25) is 4.79 Å². The third kappa shape index (κ3) is 4.84. The monoisotopic (exact) mass is 453 g/mol. The molecule has 0 saturated carbocycles. The van der Waals surface area contributed by atoms with Crippen LogP contribution in [0, 0.1) is 13.8 Å².